The maximum absolute atomic E-state index is 12.3. The van der Waals surface area contributed by atoms with E-state index >= 15 is 0 Å². The molecule has 2 aromatic rings. The maximum Gasteiger partial charge on any atom is 0.310 e. The van der Waals surface area contributed by atoms with Crippen molar-refractivity contribution < 1.29 is 19.1 Å². The number of esters is 1. The molecule has 0 fully saturated rings. The summed E-state index contributed by atoms with van der Waals surface area (Å²) in [7, 11) is 0. The Hall–Kier alpha value is -2.02. The summed E-state index contributed by atoms with van der Waals surface area (Å²) in [6, 6.07) is 9.77. The number of Topliss-reactive ketones (excluding diaryl/α,β-unsaturated/α-hetero) is 1. The molecular formula is C19H17Cl2NO4S. The fraction of sp³-hybridized carbons (Fsp3) is 0.211. The summed E-state index contributed by atoms with van der Waals surface area (Å²) >= 11 is 13.2. The van der Waals surface area contributed by atoms with Crippen molar-refractivity contribution in [3.05, 3.63) is 57.6 Å². The highest BCUT2D eigenvalue weighted by Gasteiger charge is 2.14. The topological polar surface area (TPSA) is 72.5 Å². The van der Waals surface area contributed by atoms with E-state index in [0.717, 1.165) is 4.90 Å². The largest absolute Gasteiger partial charge is 0.457 e. The highest BCUT2D eigenvalue weighted by molar-refractivity contribution is 7.98. The first-order chi connectivity index (χ1) is 12.8. The summed E-state index contributed by atoms with van der Waals surface area (Å²) in [5.74, 6) is -1.15. The second kappa shape index (κ2) is 9.78. The zero-order valence-corrected chi connectivity index (χ0v) is 17.0. The van der Waals surface area contributed by atoms with E-state index in [2.05, 4.69) is 5.32 Å². The van der Waals surface area contributed by atoms with E-state index in [9.17, 15) is 14.4 Å². The SMILES string of the molecule is CSc1ccc(C(=O)COC(=O)Cc2ccc(Cl)c(Cl)c2)cc1NC(C)=O. The van der Waals surface area contributed by atoms with Crippen LogP contribution >= 0.6 is 35.0 Å². The van der Waals surface area contributed by atoms with Crippen LogP contribution in [-0.2, 0) is 20.7 Å². The fourth-order valence-corrected chi connectivity index (χ4v) is 3.12. The third-order valence-electron chi connectivity index (χ3n) is 3.53. The van der Waals surface area contributed by atoms with Crippen LogP contribution in [-0.4, -0.2) is 30.5 Å². The van der Waals surface area contributed by atoms with Crippen LogP contribution in [0.1, 0.15) is 22.8 Å². The Balaban J connectivity index is 1.99. The van der Waals surface area contributed by atoms with Gasteiger partial charge in [-0.05, 0) is 36.1 Å². The van der Waals surface area contributed by atoms with E-state index in [0.29, 0.717) is 26.9 Å². The van der Waals surface area contributed by atoms with Crippen molar-refractivity contribution in [1.29, 1.82) is 0 Å². The van der Waals surface area contributed by atoms with Crippen LogP contribution in [0, 0.1) is 0 Å². The zero-order valence-electron chi connectivity index (χ0n) is 14.7. The van der Waals surface area contributed by atoms with Gasteiger partial charge in [0.05, 0.1) is 22.2 Å². The zero-order chi connectivity index (χ0) is 20.0. The minimum Gasteiger partial charge on any atom is -0.457 e. The van der Waals surface area contributed by atoms with E-state index in [1.807, 2.05) is 6.26 Å². The second-order valence-corrected chi connectivity index (χ2v) is 7.27. The van der Waals surface area contributed by atoms with Gasteiger partial charge in [-0.3, -0.25) is 14.4 Å². The molecule has 0 atom stereocenters. The summed E-state index contributed by atoms with van der Waals surface area (Å²) in [5.41, 5.74) is 1.53. The highest BCUT2D eigenvalue weighted by atomic mass is 35.5. The smallest absolute Gasteiger partial charge is 0.310 e. The van der Waals surface area contributed by atoms with Gasteiger partial charge in [-0.25, -0.2) is 0 Å². The molecule has 27 heavy (non-hydrogen) atoms. The Bertz CT molecular complexity index is 886. The molecule has 0 aromatic heterocycles. The molecule has 1 amide bonds. The number of amides is 1. The van der Waals surface area contributed by atoms with Gasteiger partial charge >= 0.3 is 5.97 Å². The quantitative estimate of drug-likeness (QED) is 0.397. The third-order valence-corrected chi connectivity index (χ3v) is 5.06. The molecule has 0 saturated carbocycles. The Kier molecular flexibility index (Phi) is 7.71. The van der Waals surface area contributed by atoms with Crippen LogP contribution in [0.5, 0.6) is 0 Å². The van der Waals surface area contributed by atoms with Gasteiger partial charge in [0.2, 0.25) is 5.91 Å². The molecule has 8 heteroatoms. The monoisotopic (exact) mass is 425 g/mol. The van der Waals surface area contributed by atoms with Crippen LogP contribution in [0.3, 0.4) is 0 Å². The molecule has 2 rings (SSSR count). The van der Waals surface area contributed by atoms with E-state index in [4.69, 9.17) is 27.9 Å². The number of carbonyl (C=O) groups is 3. The molecular weight excluding hydrogens is 409 g/mol. The van der Waals surface area contributed by atoms with Crippen LogP contribution in [0.4, 0.5) is 5.69 Å². The molecule has 0 bridgehead atoms. The minimum absolute atomic E-state index is 0.0211. The van der Waals surface area contributed by atoms with Crippen molar-refractivity contribution >= 4 is 58.3 Å². The highest BCUT2D eigenvalue weighted by Crippen LogP contribution is 2.27. The first-order valence-electron chi connectivity index (χ1n) is 7.88. The number of ether oxygens (including phenoxy) is 1. The first-order valence-corrected chi connectivity index (χ1v) is 9.86. The van der Waals surface area contributed by atoms with Crippen molar-refractivity contribution in [2.45, 2.75) is 18.2 Å². The van der Waals surface area contributed by atoms with Gasteiger partial charge in [0.1, 0.15) is 0 Å². The lowest BCUT2D eigenvalue weighted by atomic mass is 10.1. The van der Waals surface area contributed by atoms with Crippen LogP contribution in [0.2, 0.25) is 10.0 Å². The number of nitrogens with one attached hydrogen (secondary N) is 1. The number of rotatable bonds is 7. The van der Waals surface area contributed by atoms with Gasteiger partial charge in [-0.15, -0.1) is 11.8 Å². The number of ketones is 1. The normalized spacial score (nSPS) is 10.4. The molecule has 1 N–H and O–H groups in total. The van der Waals surface area contributed by atoms with Crippen LogP contribution in [0.25, 0.3) is 0 Å². The van der Waals surface area contributed by atoms with E-state index in [1.54, 1.807) is 36.4 Å². The predicted molar refractivity (Wildman–Crippen MR) is 108 cm³/mol. The summed E-state index contributed by atoms with van der Waals surface area (Å²) < 4.78 is 5.05. The molecule has 0 aliphatic carbocycles. The summed E-state index contributed by atoms with van der Waals surface area (Å²) in [6.07, 6.45) is 1.85. The molecule has 0 spiro atoms. The number of hydrogen-bond acceptors (Lipinski definition) is 5. The number of anilines is 1. The van der Waals surface area contributed by atoms with Crippen molar-refractivity contribution in [2.24, 2.45) is 0 Å². The van der Waals surface area contributed by atoms with Crippen molar-refractivity contribution in [1.82, 2.24) is 0 Å². The minimum atomic E-state index is -0.551. The number of halogens is 2. The van der Waals surface area contributed by atoms with Gasteiger partial charge < -0.3 is 10.1 Å². The molecule has 0 saturated heterocycles. The standard InChI is InChI=1S/C19H17Cl2NO4S/c1-11(23)22-16-9-13(4-6-18(16)27-2)17(24)10-26-19(25)8-12-3-5-14(20)15(21)7-12/h3-7,9H,8,10H2,1-2H3,(H,22,23). The number of carbonyl (C=O) groups excluding carboxylic acids is 3. The summed E-state index contributed by atoms with van der Waals surface area (Å²) in [4.78, 5) is 36.4. The number of benzene rings is 2. The fourth-order valence-electron chi connectivity index (χ4n) is 2.27. The van der Waals surface area contributed by atoms with E-state index in [-0.39, 0.29) is 18.1 Å². The molecule has 2 aromatic carbocycles. The summed E-state index contributed by atoms with van der Waals surface area (Å²) in [5, 5.41) is 3.42. The maximum atomic E-state index is 12.3. The average Bonchev–Trinajstić information content (AvgIpc) is 2.62. The molecule has 0 radical (unpaired) electrons. The average molecular weight is 426 g/mol. The number of thioether (sulfide) groups is 1. The van der Waals surface area contributed by atoms with Gasteiger partial charge in [-0.1, -0.05) is 35.3 Å². The van der Waals surface area contributed by atoms with Crippen molar-refractivity contribution in [3.63, 3.8) is 0 Å². The summed E-state index contributed by atoms with van der Waals surface area (Å²) in [6.45, 7) is 1.00. The van der Waals surface area contributed by atoms with Gasteiger partial charge in [0.25, 0.3) is 0 Å². The first kappa shape index (κ1) is 21.3. The van der Waals surface area contributed by atoms with Gasteiger partial charge in [-0.2, -0.15) is 0 Å². The van der Waals surface area contributed by atoms with Gasteiger partial charge in [0, 0.05) is 17.4 Å². The molecule has 0 unspecified atom stereocenters. The predicted octanol–water partition coefficient (Wildman–Crippen LogP) is 4.64. The Labute approximate surface area is 171 Å². The molecule has 0 heterocycles. The van der Waals surface area contributed by atoms with Gasteiger partial charge in [0.15, 0.2) is 12.4 Å². The third kappa shape index (κ3) is 6.27. The molecule has 5 nitrogen and oxygen atoms in total. The van der Waals surface area contributed by atoms with Crippen LogP contribution in [0.15, 0.2) is 41.3 Å². The van der Waals surface area contributed by atoms with Crippen molar-refractivity contribution in [3.8, 4) is 0 Å². The molecule has 0 aliphatic rings. The lowest BCUT2D eigenvalue weighted by Crippen LogP contribution is -2.16. The second-order valence-electron chi connectivity index (χ2n) is 5.61. The van der Waals surface area contributed by atoms with Crippen molar-refractivity contribution in [2.75, 3.05) is 18.2 Å². The Morgan fingerprint density at radius 2 is 1.81 bits per heavy atom. The van der Waals surface area contributed by atoms with Crippen LogP contribution < -0.4 is 5.32 Å². The molecule has 142 valence electrons. The Morgan fingerprint density at radius 1 is 1.07 bits per heavy atom. The van der Waals surface area contributed by atoms with E-state index in [1.165, 1.54) is 18.7 Å². The van der Waals surface area contributed by atoms with E-state index < -0.39 is 12.6 Å². The lowest BCUT2D eigenvalue weighted by molar-refractivity contribution is -0.141. The lowest BCUT2D eigenvalue weighted by Gasteiger charge is -2.10. The number of hydrogen-bond donors (Lipinski definition) is 1. The molecule has 0 aliphatic heterocycles. The Morgan fingerprint density at radius 3 is 2.44 bits per heavy atom.